The topological polar surface area (TPSA) is 0 Å². The molecule has 2 aromatic rings. The molecule has 2 aromatic carbocycles. The van der Waals surface area contributed by atoms with E-state index in [1.165, 1.54) is 21.9 Å². The Hall–Kier alpha value is -0.227. The van der Waals surface area contributed by atoms with Crippen LogP contribution in [0.15, 0.2) is 48.6 Å². The van der Waals surface area contributed by atoms with E-state index in [0.29, 0.717) is 0 Å². The normalized spacial score (nSPS) is 10.8. The van der Waals surface area contributed by atoms with Crippen molar-refractivity contribution in [3.63, 3.8) is 0 Å². The molecule has 0 saturated carbocycles. The second-order valence-electron chi connectivity index (χ2n) is 4.11. The summed E-state index contributed by atoms with van der Waals surface area (Å²) >= 11 is 0. The van der Waals surface area contributed by atoms with Gasteiger partial charge in [0.1, 0.15) is 0 Å². The number of fused-ring (bicyclic) bond motifs is 1. The largest absolute Gasteiger partial charge is 2.00 e. The zero-order valence-corrected chi connectivity index (χ0v) is 15.2. The summed E-state index contributed by atoms with van der Waals surface area (Å²) in [6.07, 6.45) is 10.0. The third-order valence-electron chi connectivity index (χ3n) is 2.73. The van der Waals surface area contributed by atoms with Crippen LogP contribution < -0.4 is 0 Å². The average molecular weight is 372 g/mol. The number of halogens is 2. The summed E-state index contributed by atoms with van der Waals surface area (Å²) in [4.78, 5) is 0. The average Bonchev–Trinajstić information content (AvgIpc) is 2.93. The Morgan fingerprint density at radius 1 is 1.16 bits per heavy atom. The van der Waals surface area contributed by atoms with Crippen molar-refractivity contribution in [2.45, 2.75) is 20.3 Å². The Bertz CT molecular complexity index is 529. The van der Waals surface area contributed by atoms with Gasteiger partial charge in [-0.05, 0) is 6.92 Å². The molecule has 1 aliphatic carbocycles. The first-order valence-corrected chi connectivity index (χ1v) is 5.62. The van der Waals surface area contributed by atoms with Crippen LogP contribution in [0.5, 0.6) is 0 Å². The molecule has 0 bridgehead atoms. The predicted molar refractivity (Wildman–Crippen MR) is 85.1 cm³/mol. The molecule has 0 heterocycles. The van der Waals surface area contributed by atoms with Gasteiger partial charge in [0.15, 0.2) is 0 Å². The molecule has 19 heavy (non-hydrogen) atoms. The van der Waals surface area contributed by atoms with E-state index in [1.54, 1.807) is 0 Å². The molecule has 0 aliphatic heterocycles. The van der Waals surface area contributed by atoms with Gasteiger partial charge < -0.3 is 0 Å². The van der Waals surface area contributed by atoms with Gasteiger partial charge in [0, 0.05) is 0 Å². The van der Waals surface area contributed by atoms with Crippen molar-refractivity contribution in [3.8, 4) is 0 Å². The van der Waals surface area contributed by atoms with Crippen molar-refractivity contribution in [3.05, 3.63) is 65.8 Å². The number of rotatable bonds is 0. The minimum Gasteiger partial charge on any atom is -0.273 e. The smallest absolute Gasteiger partial charge is 0.273 e. The third-order valence-corrected chi connectivity index (χ3v) is 2.73. The summed E-state index contributed by atoms with van der Waals surface area (Å²) in [7, 11) is 0. The van der Waals surface area contributed by atoms with Gasteiger partial charge in [-0.15, -0.1) is 59.7 Å². The van der Waals surface area contributed by atoms with Gasteiger partial charge in [-0.2, -0.15) is 18.2 Å². The molecule has 0 spiro atoms. The molecule has 3 rings (SSSR count). The maximum absolute atomic E-state index is 2.99. The Balaban J connectivity index is 0. The monoisotopic (exact) mass is 370 g/mol. The maximum atomic E-state index is 2.99. The van der Waals surface area contributed by atoms with E-state index in [4.69, 9.17) is 0 Å². The Morgan fingerprint density at radius 2 is 1.89 bits per heavy atom. The molecule has 0 saturated heterocycles. The van der Waals surface area contributed by atoms with Crippen LogP contribution in [0.4, 0.5) is 0 Å². The van der Waals surface area contributed by atoms with Gasteiger partial charge in [0.2, 0.25) is 0 Å². The molecule has 0 fully saturated rings. The van der Waals surface area contributed by atoms with Crippen LogP contribution in [-0.4, -0.2) is 0 Å². The zero-order valence-electron chi connectivity index (χ0n) is 11.1. The molecular weight excluding hydrogens is 354 g/mol. The molecule has 1 aliphatic rings. The minimum absolute atomic E-state index is 0. The predicted octanol–water partition coefficient (Wildman–Crippen LogP) is 5.32. The van der Waals surface area contributed by atoms with E-state index in [9.17, 15) is 0 Å². The molecule has 0 radical (unpaired) electrons. The molecule has 0 unspecified atom stereocenters. The van der Waals surface area contributed by atoms with Crippen LogP contribution in [0.2, 0.25) is 0 Å². The molecule has 3 heteroatoms. The van der Waals surface area contributed by atoms with E-state index >= 15 is 0 Å². The Kier molecular flexibility index (Phi) is 11.7. The van der Waals surface area contributed by atoms with Crippen LogP contribution in [0, 0.1) is 19.9 Å². The van der Waals surface area contributed by atoms with Crippen LogP contribution >= 0.6 is 24.8 Å². The minimum atomic E-state index is 0. The summed E-state index contributed by atoms with van der Waals surface area (Å²) in [6.45, 7) is 4.29. The third kappa shape index (κ3) is 6.17. The molecule has 100 valence electrons. The van der Waals surface area contributed by atoms with Crippen LogP contribution in [-0.2, 0) is 26.2 Å². The number of hydrogen-bond donors (Lipinski definition) is 0. The van der Waals surface area contributed by atoms with E-state index in [0.717, 1.165) is 6.42 Å². The van der Waals surface area contributed by atoms with Crippen LogP contribution in [0.25, 0.3) is 10.8 Å². The van der Waals surface area contributed by atoms with E-state index < -0.39 is 0 Å². The van der Waals surface area contributed by atoms with Crippen molar-refractivity contribution in [2.75, 3.05) is 0 Å². The summed E-state index contributed by atoms with van der Waals surface area (Å²) in [5, 5.41) is 2.75. The van der Waals surface area contributed by atoms with E-state index in [-0.39, 0.29) is 51.0 Å². The molecule has 0 amide bonds. The summed E-state index contributed by atoms with van der Waals surface area (Å²) in [6, 6.07) is 10.9. The fourth-order valence-corrected chi connectivity index (χ4v) is 1.80. The first-order valence-electron chi connectivity index (χ1n) is 5.62. The van der Waals surface area contributed by atoms with Gasteiger partial charge in [0.05, 0.1) is 0 Å². The standard InChI is InChI=1S/C11H11.C5H5.2ClH.Zr/c1-8-3-5-10-6-4-9(2)11(10)7-8;1-2-4-5-3-1;;;/h3-7H,1-2H3;1-3H,4H2;2*1H;/q2*-1;;;+2. The molecule has 0 nitrogen and oxygen atoms in total. The van der Waals surface area contributed by atoms with Crippen molar-refractivity contribution in [2.24, 2.45) is 0 Å². The van der Waals surface area contributed by atoms with Crippen LogP contribution in [0.3, 0.4) is 0 Å². The van der Waals surface area contributed by atoms with Gasteiger partial charge in [-0.1, -0.05) is 18.6 Å². The SMILES string of the molecule is Cc1ccc2cc[c-](C)c2c1.Cl.Cl.[C-]1=CC=CC1.[Zr+2]. The number of benzene rings is 1. The molecule has 0 N–H and O–H groups in total. The Labute approximate surface area is 147 Å². The molecule has 0 aromatic heterocycles. The summed E-state index contributed by atoms with van der Waals surface area (Å²) in [5.74, 6) is 0. The van der Waals surface area contributed by atoms with E-state index in [1.807, 2.05) is 12.2 Å². The fraction of sp³-hybridized carbons (Fsp3) is 0.188. The molecular formula is C16H18Cl2Zr. The van der Waals surface area contributed by atoms with Gasteiger partial charge >= 0.3 is 26.2 Å². The van der Waals surface area contributed by atoms with Crippen molar-refractivity contribution < 1.29 is 26.2 Å². The van der Waals surface area contributed by atoms with Crippen LogP contribution in [0.1, 0.15) is 17.5 Å². The number of hydrogen-bond acceptors (Lipinski definition) is 0. The maximum Gasteiger partial charge on any atom is 2.00 e. The Morgan fingerprint density at radius 3 is 2.42 bits per heavy atom. The van der Waals surface area contributed by atoms with E-state index in [2.05, 4.69) is 56.3 Å². The van der Waals surface area contributed by atoms with Crippen molar-refractivity contribution in [1.29, 1.82) is 0 Å². The second kappa shape index (κ2) is 10.5. The second-order valence-corrected chi connectivity index (χ2v) is 4.11. The zero-order chi connectivity index (χ0) is 11.4. The van der Waals surface area contributed by atoms with Gasteiger partial charge in [-0.3, -0.25) is 6.08 Å². The fourth-order valence-electron chi connectivity index (χ4n) is 1.80. The van der Waals surface area contributed by atoms with Crippen molar-refractivity contribution in [1.82, 2.24) is 0 Å². The number of aryl methyl sites for hydroxylation is 2. The molecule has 0 atom stereocenters. The first kappa shape index (κ1) is 21.1. The summed E-state index contributed by atoms with van der Waals surface area (Å²) < 4.78 is 0. The number of allylic oxidation sites excluding steroid dienone is 4. The quantitative estimate of drug-likeness (QED) is 0.549. The van der Waals surface area contributed by atoms with Crippen molar-refractivity contribution >= 4 is 35.6 Å². The first-order chi connectivity index (χ1) is 7.77. The van der Waals surface area contributed by atoms with Gasteiger partial charge in [-0.25, -0.2) is 12.2 Å². The summed E-state index contributed by atoms with van der Waals surface area (Å²) in [5.41, 5.74) is 2.72. The van der Waals surface area contributed by atoms with Gasteiger partial charge in [0.25, 0.3) is 0 Å².